The van der Waals surface area contributed by atoms with Crippen molar-refractivity contribution in [1.29, 1.82) is 0 Å². The summed E-state index contributed by atoms with van der Waals surface area (Å²) in [7, 11) is 0. The third-order valence-corrected chi connectivity index (χ3v) is 4.40. The van der Waals surface area contributed by atoms with Gasteiger partial charge < -0.3 is 9.84 Å². The Balaban J connectivity index is 1.79. The van der Waals surface area contributed by atoms with Crippen LogP contribution in [0.1, 0.15) is 56.9 Å². The normalized spacial score (nSPS) is 21.9. The first-order chi connectivity index (χ1) is 10.7. The summed E-state index contributed by atoms with van der Waals surface area (Å²) in [6.07, 6.45) is 9.74. The Hall–Kier alpha value is -1.77. The average molecular weight is 302 g/mol. The van der Waals surface area contributed by atoms with Crippen LogP contribution in [-0.2, 0) is 4.79 Å². The van der Waals surface area contributed by atoms with Crippen molar-refractivity contribution in [2.75, 3.05) is 6.61 Å². The highest BCUT2D eigenvalue weighted by Crippen LogP contribution is 2.37. The van der Waals surface area contributed by atoms with Crippen molar-refractivity contribution in [1.82, 2.24) is 0 Å². The third kappa shape index (κ3) is 5.21. The van der Waals surface area contributed by atoms with Crippen molar-refractivity contribution < 1.29 is 14.6 Å². The second-order valence-corrected chi connectivity index (χ2v) is 6.11. The monoisotopic (exact) mass is 302 g/mol. The first-order valence-electron chi connectivity index (χ1n) is 8.31. The molecule has 0 spiro atoms. The predicted molar refractivity (Wildman–Crippen MR) is 88.3 cm³/mol. The molecule has 0 radical (unpaired) electrons. The Kier molecular flexibility index (Phi) is 6.50. The summed E-state index contributed by atoms with van der Waals surface area (Å²) in [6.45, 7) is 2.88. The number of carboxylic acid groups (broad SMARTS) is 1. The number of rotatable bonds is 7. The maximum atomic E-state index is 10.5. The molecule has 1 N–H and O–H groups in total. The Morgan fingerprint density at radius 2 is 1.91 bits per heavy atom. The number of hydrogen-bond donors (Lipinski definition) is 1. The molecule has 1 aliphatic rings. The van der Waals surface area contributed by atoms with Gasteiger partial charge in [0.1, 0.15) is 5.75 Å². The molecule has 1 aromatic carbocycles. The van der Waals surface area contributed by atoms with E-state index in [0.29, 0.717) is 11.8 Å². The zero-order valence-corrected chi connectivity index (χ0v) is 13.3. The minimum Gasteiger partial charge on any atom is -0.494 e. The van der Waals surface area contributed by atoms with Gasteiger partial charge in [0.25, 0.3) is 0 Å². The lowest BCUT2D eigenvalue weighted by atomic mass is 9.77. The Bertz CT molecular complexity index is 482. The number of ether oxygens (including phenoxy) is 1. The molecule has 2 rings (SSSR count). The molecular formula is C19H26O3. The standard InChI is InChI=1S/C19H26O3/c1-2-14-22-18-12-10-17(11-13-18)16-8-6-15(7-9-16)4-3-5-19(20)21/h3,5,10-13,15-16H,2,4,6-9,14H2,1H3,(H,20,21)/b5-3+/t15-,16-. The summed E-state index contributed by atoms with van der Waals surface area (Å²) < 4.78 is 5.62. The van der Waals surface area contributed by atoms with Crippen molar-refractivity contribution in [3.8, 4) is 5.75 Å². The highest BCUT2D eigenvalue weighted by molar-refractivity contribution is 5.79. The van der Waals surface area contributed by atoms with Gasteiger partial charge in [-0.15, -0.1) is 0 Å². The molecule has 0 saturated heterocycles. The quantitative estimate of drug-likeness (QED) is 0.737. The summed E-state index contributed by atoms with van der Waals surface area (Å²) in [5.74, 6) is 1.39. The van der Waals surface area contributed by atoms with Crippen LogP contribution in [-0.4, -0.2) is 17.7 Å². The van der Waals surface area contributed by atoms with Crippen LogP contribution < -0.4 is 4.74 Å². The van der Waals surface area contributed by atoms with Gasteiger partial charge in [0, 0.05) is 6.08 Å². The van der Waals surface area contributed by atoms with Crippen LogP contribution in [0.25, 0.3) is 0 Å². The van der Waals surface area contributed by atoms with E-state index in [1.54, 1.807) is 6.08 Å². The van der Waals surface area contributed by atoms with E-state index in [1.165, 1.54) is 37.3 Å². The summed E-state index contributed by atoms with van der Waals surface area (Å²) in [4.78, 5) is 10.5. The molecule has 0 aliphatic heterocycles. The predicted octanol–water partition coefficient (Wildman–Crippen LogP) is 4.78. The molecule has 1 saturated carbocycles. The van der Waals surface area contributed by atoms with Gasteiger partial charge in [0.2, 0.25) is 0 Å². The molecule has 0 heterocycles. The Labute approximate surface area is 133 Å². The van der Waals surface area contributed by atoms with Gasteiger partial charge in [-0.05, 0) is 68.1 Å². The minimum atomic E-state index is -0.848. The largest absolute Gasteiger partial charge is 0.494 e. The second kappa shape index (κ2) is 8.62. The molecule has 0 atom stereocenters. The Morgan fingerprint density at radius 3 is 2.50 bits per heavy atom. The molecule has 1 aromatic rings. The lowest BCUT2D eigenvalue weighted by Gasteiger charge is -2.28. The molecule has 3 heteroatoms. The van der Waals surface area contributed by atoms with E-state index in [9.17, 15) is 4.79 Å². The fourth-order valence-electron chi connectivity index (χ4n) is 3.15. The minimum absolute atomic E-state index is 0.638. The van der Waals surface area contributed by atoms with E-state index in [1.807, 2.05) is 0 Å². The molecular weight excluding hydrogens is 276 g/mol. The van der Waals surface area contributed by atoms with Gasteiger partial charge in [-0.2, -0.15) is 0 Å². The van der Waals surface area contributed by atoms with E-state index < -0.39 is 5.97 Å². The van der Waals surface area contributed by atoms with Crippen LogP contribution in [0.2, 0.25) is 0 Å². The van der Waals surface area contributed by atoms with E-state index in [2.05, 4.69) is 31.2 Å². The lowest BCUT2D eigenvalue weighted by Crippen LogP contribution is -2.13. The zero-order valence-electron chi connectivity index (χ0n) is 13.3. The third-order valence-electron chi connectivity index (χ3n) is 4.40. The Morgan fingerprint density at radius 1 is 1.23 bits per heavy atom. The molecule has 0 amide bonds. The van der Waals surface area contributed by atoms with E-state index in [4.69, 9.17) is 9.84 Å². The number of aliphatic carboxylic acids is 1. The van der Waals surface area contributed by atoms with E-state index in [0.717, 1.165) is 25.2 Å². The lowest BCUT2D eigenvalue weighted by molar-refractivity contribution is -0.131. The molecule has 1 aliphatic carbocycles. The molecule has 3 nitrogen and oxygen atoms in total. The van der Waals surface area contributed by atoms with Gasteiger partial charge in [-0.25, -0.2) is 4.79 Å². The summed E-state index contributed by atoms with van der Waals surface area (Å²) >= 11 is 0. The van der Waals surface area contributed by atoms with Crippen LogP contribution >= 0.6 is 0 Å². The van der Waals surface area contributed by atoms with Crippen LogP contribution in [0.4, 0.5) is 0 Å². The van der Waals surface area contributed by atoms with Crippen molar-refractivity contribution in [2.24, 2.45) is 5.92 Å². The fraction of sp³-hybridized carbons (Fsp3) is 0.526. The van der Waals surface area contributed by atoms with Crippen molar-refractivity contribution in [3.05, 3.63) is 42.0 Å². The first kappa shape index (κ1) is 16.6. The maximum absolute atomic E-state index is 10.5. The fourth-order valence-corrected chi connectivity index (χ4v) is 3.15. The van der Waals surface area contributed by atoms with Gasteiger partial charge >= 0.3 is 5.97 Å². The van der Waals surface area contributed by atoms with Gasteiger partial charge in [0.05, 0.1) is 6.61 Å². The second-order valence-electron chi connectivity index (χ2n) is 6.11. The number of carboxylic acids is 1. The zero-order chi connectivity index (χ0) is 15.8. The van der Waals surface area contributed by atoms with E-state index in [-0.39, 0.29) is 0 Å². The van der Waals surface area contributed by atoms with Crippen molar-refractivity contribution in [3.63, 3.8) is 0 Å². The van der Waals surface area contributed by atoms with Gasteiger partial charge in [-0.3, -0.25) is 0 Å². The number of hydrogen-bond acceptors (Lipinski definition) is 2. The average Bonchev–Trinajstić information content (AvgIpc) is 2.54. The number of allylic oxidation sites excluding steroid dienone is 1. The van der Waals surface area contributed by atoms with Crippen LogP contribution in [0.15, 0.2) is 36.4 Å². The number of benzene rings is 1. The highest BCUT2D eigenvalue weighted by atomic mass is 16.5. The molecule has 22 heavy (non-hydrogen) atoms. The topological polar surface area (TPSA) is 46.5 Å². The number of carbonyl (C=O) groups is 1. The van der Waals surface area contributed by atoms with Crippen LogP contribution in [0.5, 0.6) is 5.75 Å². The molecule has 0 unspecified atom stereocenters. The molecule has 0 bridgehead atoms. The van der Waals surface area contributed by atoms with Crippen molar-refractivity contribution in [2.45, 2.75) is 51.4 Å². The van der Waals surface area contributed by atoms with Gasteiger partial charge in [0.15, 0.2) is 0 Å². The molecule has 1 fully saturated rings. The molecule has 0 aromatic heterocycles. The highest BCUT2D eigenvalue weighted by Gasteiger charge is 2.21. The van der Waals surface area contributed by atoms with E-state index >= 15 is 0 Å². The SMILES string of the molecule is CCCOc1ccc([C@H]2CC[C@H](C/C=C/C(=O)O)CC2)cc1. The molecule has 120 valence electrons. The summed E-state index contributed by atoms with van der Waals surface area (Å²) in [6, 6.07) is 8.54. The summed E-state index contributed by atoms with van der Waals surface area (Å²) in [5.41, 5.74) is 1.41. The smallest absolute Gasteiger partial charge is 0.327 e. The van der Waals surface area contributed by atoms with Crippen molar-refractivity contribution >= 4 is 5.97 Å². The van der Waals surface area contributed by atoms with Gasteiger partial charge in [-0.1, -0.05) is 25.1 Å². The maximum Gasteiger partial charge on any atom is 0.327 e. The first-order valence-corrected chi connectivity index (χ1v) is 8.31. The summed E-state index contributed by atoms with van der Waals surface area (Å²) in [5, 5.41) is 8.61. The van der Waals surface area contributed by atoms with Crippen LogP contribution in [0.3, 0.4) is 0 Å². The van der Waals surface area contributed by atoms with Crippen LogP contribution in [0, 0.1) is 5.92 Å².